The van der Waals surface area contributed by atoms with Crippen LogP contribution in [-0.4, -0.2) is 26.2 Å². The molecule has 0 atom stereocenters. The molecule has 112 valence electrons. The number of hydrogen-bond donors (Lipinski definition) is 1. The summed E-state index contributed by atoms with van der Waals surface area (Å²) in [6, 6.07) is 5.96. The highest BCUT2D eigenvalue weighted by atomic mass is 35.5. The number of benzene rings is 1. The Morgan fingerprint density at radius 3 is 2.60 bits per heavy atom. The number of nitrogens with one attached hydrogen (secondary N) is 1. The molecule has 1 aliphatic heterocycles. The summed E-state index contributed by atoms with van der Waals surface area (Å²) in [4.78, 5) is 1.81. The van der Waals surface area contributed by atoms with Crippen molar-refractivity contribution in [3.05, 3.63) is 28.8 Å². The topological polar surface area (TPSA) is 13.7 Å². The van der Waals surface area contributed by atoms with Crippen LogP contribution in [-0.2, 0) is 0 Å². The Bertz CT molecular complexity index is 402. The monoisotopic (exact) mass is 296 g/mol. The number of rotatable bonds is 8. The van der Waals surface area contributed by atoms with Gasteiger partial charge in [-0.25, -0.2) is 0 Å². The summed E-state index contributed by atoms with van der Waals surface area (Å²) in [5, 5.41) is 0.725. The number of ether oxygens (including phenoxy) is 1. The van der Waals surface area contributed by atoms with Crippen molar-refractivity contribution in [3.63, 3.8) is 0 Å². The van der Waals surface area contributed by atoms with Crippen LogP contribution in [0.15, 0.2) is 18.2 Å². The van der Waals surface area contributed by atoms with Gasteiger partial charge in [0.2, 0.25) is 0 Å². The van der Waals surface area contributed by atoms with Crippen molar-refractivity contribution in [2.75, 3.05) is 26.2 Å². The van der Waals surface area contributed by atoms with Gasteiger partial charge in [0.05, 0.1) is 31.3 Å². The first kappa shape index (κ1) is 15.7. The van der Waals surface area contributed by atoms with Gasteiger partial charge in [-0.1, -0.05) is 17.7 Å². The lowest BCUT2D eigenvalue weighted by atomic mass is 10.2. The fourth-order valence-corrected chi connectivity index (χ4v) is 3.15. The van der Waals surface area contributed by atoms with Crippen LogP contribution in [0.25, 0.3) is 0 Å². The number of hydrogen-bond acceptors (Lipinski definition) is 1. The van der Waals surface area contributed by atoms with Crippen molar-refractivity contribution in [1.29, 1.82) is 0 Å². The van der Waals surface area contributed by atoms with Gasteiger partial charge in [-0.3, -0.25) is 0 Å². The minimum absolute atomic E-state index is 0.725. The van der Waals surface area contributed by atoms with Gasteiger partial charge in [0.15, 0.2) is 0 Å². The molecule has 0 unspecified atom stereocenters. The molecule has 0 aliphatic carbocycles. The maximum Gasteiger partial charge on any atom is 0.137 e. The summed E-state index contributed by atoms with van der Waals surface area (Å²) in [6.07, 6.45) is 7.94. The first-order valence-corrected chi connectivity index (χ1v) is 8.36. The molecule has 1 heterocycles. The Hall–Kier alpha value is -0.730. The summed E-state index contributed by atoms with van der Waals surface area (Å²) in [7, 11) is 0. The molecular formula is C17H27ClNO+. The van der Waals surface area contributed by atoms with Gasteiger partial charge >= 0.3 is 0 Å². The van der Waals surface area contributed by atoms with Crippen molar-refractivity contribution >= 4 is 11.6 Å². The lowest BCUT2D eigenvalue weighted by Gasteiger charge is -2.11. The number of likely N-dealkylation sites (tertiary alicyclic amines) is 1. The minimum Gasteiger partial charge on any atom is -0.492 e. The summed E-state index contributed by atoms with van der Waals surface area (Å²) >= 11 is 6.14. The molecule has 0 saturated carbocycles. The molecule has 1 fully saturated rings. The van der Waals surface area contributed by atoms with E-state index in [1.807, 2.05) is 30.0 Å². The minimum atomic E-state index is 0.725. The second-order valence-corrected chi connectivity index (χ2v) is 6.31. The lowest BCUT2D eigenvalue weighted by molar-refractivity contribution is -0.887. The molecule has 0 radical (unpaired) electrons. The van der Waals surface area contributed by atoms with E-state index in [0.717, 1.165) is 23.8 Å². The highest BCUT2D eigenvalue weighted by Crippen LogP contribution is 2.25. The molecule has 0 bridgehead atoms. The highest BCUT2D eigenvalue weighted by molar-refractivity contribution is 6.32. The van der Waals surface area contributed by atoms with E-state index in [0.29, 0.717) is 0 Å². The quantitative estimate of drug-likeness (QED) is 0.727. The first-order chi connectivity index (χ1) is 9.75. The smallest absolute Gasteiger partial charge is 0.137 e. The van der Waals surface area contributed by atoms with Crippen molar-refractivity contribution < 1.29 is 9.64 Å². The Morgan fingerprint density at radius 2 is 1.85 bits per heavy atom. The first-order valence-electron chi connectivity index (χ1n) is 7.98. The van der Waals surface area contributed by atoms with Crippen LogP contribution in [0, 0.1) is 6.92 Å². The van der Waals surface area contributed by atoms with Gasteiger partial charge < -0.3 is 9.64 Å². The van der Waals surface area contributed by atoms with Crippen LogP contribution in [0.2, 0.25) is 5.02 Å². The van der Waals surface area contributed by atoms with Crippen molar-refractivity contribution in [1.82, 2.24) is 0 Å². The Labute approximate surface area is 128 Å². The number of quaternary nitrogens is 1. The van der Waals surface area contributed by atoms with Gasteiger partial charge in [0, 0.05) is 12.8 Å². The van der Waals surface area contributed by atoms with Crippen molar-refractivity contribution in [2.24, 2.45) is 0 Å². The van der Waals surface area contributed by atoms with Gasteiger partial charge in [-0.2, -0.15) is 0 Å². The standard InChI is InChI=1S/C17H26ClNO/c1-15-8-9-17(16(18)14-15)20-13-7-3-2-4-10-19-11-5-6-12-19/h8-9,14H,2-7,10-13H2,1H3/p+1. The predicted molar refractivity (Wildman–Crippen MR) is 84.9 cm³/mol. The predicted octanol–water partition coefficient (Wildman–Crippen LogP) is 3.27. The third kappa shape index (κ3) is 5.34. The summed E-state index contributed by atoms with van der Waals surface area (Å²) in [6.45, 7) is 6.98. The largest absolute Gasteiger partial charge is 0.492 e. The SMILES string of the molecule is Cc1ccc(OCCCCCC[NH+]2CCCC2)c(Cl)c1. The van der Waals surface area contributed by atoms with Crippen LogP contribution in [0.4, 0.5) is 0 Å². The van der Waals surface area contributed by atoms with E-state index in [9.17, 15) is 0 Å². The molecule has 1 aromatic carbocycles. The molecule has 3 heteroatoms. The second kappa shape index (κ2) is 8.53. The molecule has 0 aromatic heterocycles. The number of unbranched alkanes of at least 4 members (excludes halogenated alkanes) is 3. The molecule has 20 heavy (non-hydrogen) atoms. The molecule has 2 rings (SSSR count). The summed E-state index contributed by atoms with van der Waals surface area (Å²) in [5.74, 6) is 0.818. The van der Waals surface area contributed by atoms with Gasteiger partial charge in [-0.05, 0) is 50.3 Å². The molecule has 2 nitrogen and oxygen atoms in total. The van der Waals surface area contributed by atoms with E-state index in [-0.39, 0.29) is 0 Å². The van der Waals surface area contributed by atoms with Crippen LogP contribution in [0.3, 0.4) is 0 Å². The molecule has 1 aliphatic rings. The average molecular weight is 297 g/mol. The van der Waals surface area contributed by atoms with Gasteiger partial charge in [0.25, 0.3) is 0 Å². The van der Waals surface area contributed by atoms with Crippen LogP contribution in [0.1, 0.15) is 44.1 Å². The van der Waals surface area contributed by atoms with Crippen molar-refractivity contribution in [3.8, 4) is 5.75 Å². The number of aryl methyl sites for hydroxylation is 1. The van der Waals surface area contributed by atoms with Crippen LogP contribution >= 0.6 is 11.6 Å². The normalized spacial score (nSPS) is 15.7. The van der Waals surface area contributed by atoms with E-state index in [2.05, 4.69) is 0 Å². The zero-order valence-electron chi connectivity index (χ0n) is 12.6. The van der Waals surface area contributed by atoms with E-state index >= 15 is 0 Å². The molecule has 1 aromatic rings. The fraction of sp³-hybridized carbons (Fsp3) is 0.647. The fourth-order valence-electron chi connectivity index (χ4n) is 2.86. The molecule has 1 N–H and O–H groups in total. The van der Waals surface area contributed by atoms with E-state index in [4.69, 9.17) is 16.3 Å². The van der Waals surface area contributed by atoms with Crippen LogP contribution in [0.5, 0.6) is 5.75 Å². The van der Waals surface area contributed by atoms with E-state index in [1.165, 1.54) is 57.3 Å². The summed E-state index contributed by atoms with van der Waals surface area (Å²) < 4.78 is 5.73. The van der Waals surface area contributed by atoms with E-state index < -0.39 is 0 Å². The van der Waals surface area contributed by atoms with Crippen LogP contribution < -0.4 is 9.64 Å². The van der Waals surface area contributed by atoms with Gasteiger partial charge in [-0.15, -0.1) is 0 Å². The summed E-state index contributed by atoms with van der Waals surface area (Å²) in [5.41, 5.74) is 1.17. The lowest BCUT2D eigenvalue weighted by Crippen LogP contribution is -3.09. The maximum atomic E-state index is 6.14. The maximum absolute atomic E-state index is 6.14. The Balaban J connectivity index is 1.50. The Morgan fingerprint density at radius 1 is 1.10 bits per heavy atom. The van der Waals surface area contributed by atoms with Crippen molar-refractivity contribution in [2.45, 2.75) is 45.4 Å². The molecule has 1 saturated heterocycles. The Kier molecular flexibility index (Phi) is 6.68. The van der Waals surface area contributed by atoms with Gasteiger partial charge in [0.1, 0.15) is 5.75 Å². The highest BCUT2D eigenvalue weighted by Gasteiger charge is 2.13. The zero-order valence-corrected chi connectivity index (χ0v) is 13.3. The third-order valence-electron chi connectivity index (χ3n) is 4.08. The zero-order chi connectivity index (χ0) is 14.2. The molecular weight excluding hydrogens is 270 g/mol. The average Bonchev–Trinajstić information content (AvgIpc) is 2.93. The van der Waals surface area contributed by atoms with E-state index in [1.54, 1.807) is 0 Å². The second-order valence-electron chi connectivity index (χ2n) is 5.90. The molecule has 0 amide bonds. The molecule has 0 spiro atoms. The number of halogens is 1. The third-order valence-corrected chi connectivity index (χ3v) is 4.38.